The largest absolute Gasteiger partial charge is 0.479 e. The maximum Gasteiger partial charge on any atom is 0.269 e. The first-order valence-corrected chi connectivity index (χ1v) is 9.75. The standard InChI is InChI=1S/C23H18FN3O5/c1-14-23(29)26(13-16-4-2-3-5-19(16)24)20-12-17(8-11-21(20)32-14)25-22(28)15-6-9-18(10-7-15)27(30)31/h2-12,14H,13H2,1H3,(H,25,28). The van der Waals surface area contributed by atoms with Crippen molar-refractivity contribution in [2.75, 3.05) is 10.2 Å². The number of rotatable bonds is 5. The monoisotopic (exact) mass is 435 g/mol. The summed E-state index contributed by atoms with van der Waals surface area (Å²) in [5, 5.41) is 13.5. The van der Waals surface area contributed by atoms with Gasteiger partial charge in [-0.3, -0.25) is 19.7 Å². The number of carbonyl (C=O) groups is 2. The number of hydrogen-bond acceptors (Lipinski definition) is 5. The summed E-state index contributed by atoms with van der Waals surface area (Å²) in [7, 11) is 0. The Labute approximate surface area is 182 Å². The number of fused-ring (bicyclic) bond motifs is 1. The molecule has 0 radical (unpaired) electrons. The van der Waals surface area contributed by atoms with Gasteiger partial charge in [-0.2, -0.15) is 0 Å². The van der Waals surface area contributed by atoms with E-state index in [-0.39, 0.29) is 23.7 Å². The zero-order valence-corrected chi connectivity index (χ0v) is 16.9. The molecule has 9 heteroatoms. The maximum atomic E-state index is 14.2. The number of halogens is 1. The fourth-order valence-corrected chi connectivity index (χ4v) is 3.38. The Hall–Kier alpha value is -4.27. The molecule has 8 nitrogen and oxygen atoms in total. The molecule has 0 aromatic heterocycles. The van der Waals surface area contributed by atoms with Crippen LogP contribution in [0.2, 0.25) is 0 Å². The minimum atomic E-state index is -0.741. The second-order valence-corrected chi connectivity index (χ2v) is 7.22. The van der Waals surface area contributed by atoms with Crippen molar-refractivity contribution in [3.05, 3.63) is 93.8 Å². The van der Waals surface area contributed by atoms with E-state index in [1.54, 1.807) is 43.3 Å². The third-order valence-electron chi connectivity index (χ3n) is 5.05. The van der Waals surface area contributed by atoms with Crippen LogP contribution in [0.4, 0.5) is 21.5 Å². The first-order valence-electron chi connectivity index (χ1n) is 9.75. The Morgan fingerprint density at radius 3 is 2.56 bits per heavy atom. The molecule has 3 aromatic rings. The van der Waals surface area contributed by atoms with Crippen LogP contribution in [-0.2, 0) is 11.3 Å². The lowest BCUT2D eigenvalue weighted by atomic mass is 10.1. The van der Waals surface area contributed by atoms with Crippen LogP contribution in [0.15, 0.2) is 66.7 Å². The summed E-state index contributed by atoms with van der Waals surface area (Å²) in [4.78, 5) is 37.0. The average Bonchev–Trinajstić information content (AvgIpc) is 2.78. The second-order valence-electron chi connectivity index (χ2n) is 7.22. The molecule has 1 aliphatic heterocycles. The number of nitro groups is 1. The van der Waals surface area contributed by atoms with E-state index in [2.05, 4.69) is 5.32 Å². The summed E-state index contributed by atoms with van der Waals surface area (Å²) in [5.41, 5.74) is 1.25. The number of ether oxygens (including phenoxy) is 1. The second kappa shape index (κ2) is 8.46. The van der Waals surface area contributed by atoms with Gasteiger partial charge in [0.2, 0.25) is 0 Å². The zero-order valence-electron chi connectivity index (χ0n) is 16.9. The van der Waals surface area contributed by atoms with Crippen molar-refractivity contribution in [1.29, 1.82) is 0 Å². The van der Waals surface area contributed by atoms with Crippen molar-refractivity contribution in [2.45, 2.75) is 19.6 Å². The van der Waals surface area contributed by atoms with Crippen LogP contribution in [0, 0.1) is 15.9 Å². The predicted molar refractivity (Wildman–Crippen MR) is 115 cm³/mol. The zero-order chi connectivity index (χ0) is 22.8. The van der Waals surface area contributed by atoms with Crippen LogP contribution in [0.3, 0.4) is 0 Å². The molecule has 162 valence electrons. The highest BCUT2D eigenvalue weighted by Gasteiger charge is 2.32. The molecule has 32 heavy (non-hydrogen) atoms. The molecule has 0 saturated heterocycles. The van der Waals surface area contributed by atoms with Gasteiger partial charge in [-0.05, 0) is 43.3 Å². The molecular formula is C23H18FN3O5. The highest BCUT2D eigenvalue weighted by molar-refractivity contribution is 6.05. The number of hydrogen-bond donors (Lipinski definition) is 1. The highest BCUT2D eigenvalue weighted by Crippen LogP contribution is 2.37. The highest BCUT2D eigenvalue weighted by atomic mass is 19.1. The molecular weight excluding hydrogens is 417 g/mol. The number of nitro benzene ring substituents is 1. The van der Waals surface area contributed by atoms with Crippen LogP contribution in [0.1, 0.15) is 22.8 Å². The molecule has 0 aliphatic carbocycles. The van der Waals surface area contributed by atoms with E-state index in [0.29, 0.717) is 22.7 Å². The van der Waals surface area contributed by atoms with Crippen LogP contribution in [-0.4, -0.2) is 22.8 Å². The molecule has 0 fully saturated rings. The summed E-state index contributed by atoms with van der Waals surface area (Å²) in [5.74, 6) is -0.804. The average molecular weight is 435 g/mol. The lowest BCUT2D eigenvalue weighted by molar-refractivity contribution is -0.384. The Balaban J connectivity index is 1.61. The van der Waals surface area contributed by atoms with Crippen LogP contribution < -0.4 is 15.0 Å². The molecule has 3 aromatic carbocycles. The van der Waals surface area contributed by atoms with Gasteiger partial charge in [0.1, 0.15) is 11.6 Å². The maximum absolute atomic E-state index is 14.2. The van der Waals surface area contributed by atoms with E-state index in [9.17, 15) is 24.1 Å². The Morgan fingerprint density at radius 1 is 1.16 bits per heavy atom. The van der Waals surface area contributed by atoms with E-state index in [0.717, 1.165) is 0 Å². The van der Waals surface area contributed by atoms with E-state index in [4.69, 9.17) is 4.74 Å². The first-order chi connectivity index (χ1) is 15.3. The van der Waals surface area contributed by atoms with E-state index in [1.807, 2.05) is 0 Å². The fourth-order valence-electron chi connectivity index (χ4n) is 3.38. The topological polar surface area (TPSA) is 102 Å². The number of amides is 2. The van der Waals surface area contributed by atoms with Crippen molar-refractivity contribution in [3.8, 4) is 5.75 Å². The van der Waals surface area contributed by atoms with Gasteiger partial charge in [0.05, 0.1) is 17.2 Å². The van der Waals surface area contributed by atoms with Crippen molar-refractivity contribution in [1.82, 2.24) is 0 Å². The van der Waals surface area contributed by atoms with E-state index < -0.39 is 22.8 Å². The van der Waals surface area contributed by atoms with Gasteiger partial charge in [-0.1, -0.05) is 18.2 Å². The lowest BCUT2D eigenvalue weighted by Gasteiger charge is -2.33. The van der Waals surface area contributed by atoms with E-state index in [1.165, 1.54) is 35.2 Å². The van der Waals surface area contributed by atoms with Gasteiger partial charge < -0.3 is 15.0 Å². The van der Waals surface area contributed by atoms with Crippen LogP contribution in [0.5, 0.6) is 5.75 Å². The molecule has 0 bridgehead atoms. The minimum Gasteiger partial charge on any atom is -0.479 e. The normalized spacial score (nSPS) is 15.0. The van der Waals surface area contributed by atoms with Crippen molar-refractivity contribution < 1.29 is 23.6 Å². The number of nitrogens with zero attached hydrogens (tertiary/aromatic N) is 2. The Bertz CT molecular complexity index is 1210. The van der Waals surface area contributed by atoms with Gasteiger partial charge in [0, 0.05) is 28.9 Å². The summed E-state index contributed by atoms with van der Waals surface area (Å²) >= 11 is 0. The van der Waals surface area contributed by atoms with Crippen molar-refractivity contribution in [2.24, 2.45) is 0 Å². The Kier molecular flexibility index (Phi) is 5.55. The number of nitrogens with one attached hydrogen (secondary N) is 1. The van der Waals surface area contributed by atoms with E-state index >= 15 is 0 Å². The molecule has 1 atom stereocenters. The molecule has 1 unspecified atom stereocenters. The molecule has 1 aliphatic rings. The SMILES string of the molecule is CC1Oc2ccc(NC(=O)c3ccc([N+](=O)[O-])cc3)cc2N(Cc2ccccc2F)C1=O. The number of benzene rings is 3. The molecule has 4 rings (SSSR count). The summed E-state index contributed by atoms with van der Waals surface area (Å²) in [6, 6.07) is 16.2. The number of anilines is 2. The predicted octanol–water partition coefficient (Wildman–Crippen LogP) is 4.30. The minimum absolute atomic E-state index is 0.00591. The van der Waals surface area contributed by atoms with Crippen molar-refractivity contribution in [3.63, 3.8) is 0 Å². The van der Waals surface area contributed by atoms with Gasteiger partial charge in [-0.25, -0.2) is 4.39 Å². The summed E-state index contributed by atoms with van der Waals surface area (Å²) in [6.45, 7) is 1.62. The molecule has 0 spiro atoms. The van der Waals surface area contributed by atoms with Crippen molar-refractivity contribution >= 4 is 28.9 Å². The third kappa shape index (κ3) is 4.13. The van der Waals surface area contributed by atoms with Gasteiger partial charge in [0.25, 0.3) is 17.5 Å². The van der Waals surface area contributed by atoms with Crippen LogP contribution >= 0.6 is 0 Å². The summed E-state index contributed by atoms with van der Waals surface area (Å²) < 4.78 is 19.9. The molecule has 0 saturated carbocycles. The van der Waals surface area contributed by atoms with Gasteiger partial charge in [-0.15, -0.1) is 0 Å². The van der Waals surface area contributed by atoms with Crippen LogP contribution in [0.25, 0.3) is 0 Å². The number of carbonyl (C=O) groups excluding carboxylic acids is 2. The Morgan fingerprint density at radius 2 is 1.88 bits per heavy atom. The lowest BCUT2D eigenvalue weighted by Crippen LogP contribution is -2.44. The molecule has 1 N–H and O–H groups in total. The van der Waals surface area contributed by atoms with Gasteiger partial charge in [0.15, 0.2) is 6.10 Å². The molecule has 1 heterocycles. The quantitative estimate of drug-likeness (QED) is 0.476. The number of non-ortho nitro benzene ring substituents is 1. The summed E-state index contributed by atoms with van der Waals surface area (Å²) in [6.07, 6.45) is -0.741. The first kappa shape index (κ1) is 21.0. The fraction of sp³-hybridized carbons (Fsp3) is 0.130. The molecule has 2 amide bonds. The third-order valence-corrected chi connectivity index (χ3v) is 5.05. The smallest absolute Gasteiger partial charge is 0.269 e. The van der Waals surface area contributed by atoms with Gasteiger partial charge >= 0.3 is 0 Å².